The van der Waals surface area contributed by atoms with E-state index in [4.69, 9.17) is 9.15 Å². The van der Waals surface area contributed by atoms with Crippen LogP contribution in [0.4, 0.5) is 0 Å². The van der Waals surface area contributed by atoms with Gasteiger partial charge in [0.05, 0.1) is 24.4 Å². The highest BCUT2D eigenvalue weighted by Crippen LogP contribution is 2.30. The second-order valence-corrected chi connectivity index (χ2v) is 7.56. The molecule has 23 heavy (non-hydrogen) atoms. The fraction of sp³-hybridized carbons (Fsp3) is 0.600. The molecule has 2 aromatic rings. The predicted octanol–water partition coefficient (Wildman–Crippen LogP) is 2.35. The van der Waals surface area contributed by atoms with Gasteiger partial charge in [-0.25, -0.2) is 4.98 Å². The van der Waals surface area contributed by atoms with E-state index in [0.29, 0.717) is 36.4 Å². The molecule has 8 heteroatoms. The summed E-state index contributed by atoms with van der Waals surface area (Å²) in [5.41, 5.74) is -0.0722. The molecule has 1 amide bonds. The van der Waals surface area contributed by atoms with Gasteiger partial charge in [-0.15, -0.1) is 21.5 Å². The van der Waals surface area contributed by atoms with Crippen molar-refractivity contribution in [2.75, 3.05) is 19.8 Å². The van der Waals surface area contributed by atoms with Crippen LogP contribution in [0.3, 0.4) is 0 Å². The summed E-state index contributed by atoms with van der Waals surface area (Å²) in [6, 6.07) is -0.349. The largest absolute Gasteiger partial charge is 0.423 e. The lowest BCUT2D eigenvalue weighted by atomic mass is 9.98. The quantitative estimate of drug-likeness (QED) is 0.837. The van der Waals surface area contributed by atoms with E-state index >= 15 is 0 Å². The van der Waals surface area contributed by atoms with Crippen molar-refractivity contribution in [1.82, 2.24) is 20.1 Å². The average molecular weight is 336 g/mol. The molecule has 0 N–H and O–H groups in total. The molecule has 0 aliphatic carbocycles. The molecule has 3 rings (SSSR count). The SMILES string of the molecule is Cc1nnc([C@@H]2COCCN2C(=O)c2cnc(C(C)(C)C)s2)o1. The fourth-order valence-electron chi connectivity index (χ4n) is 2.36. The molecule has 0 unspecified atom stereocenters. The third kappa shape index (κ3) is 3.28. The van der Waals surface area contributed by atoms with Gasteiger partial charge in [0, 0.05) is 18.9 Å². The highest BCUT2D eigenvalue weighted by atomic mass is 32.1. The van der Waals surface area contributed by atoms with E-state index in [9.17, 15) is 4.79 Å². The minimum absolute atomic E-state index is 0.0675. The van der Waals surface area contributed by atoms with Crippen molar-refractivity contribution < 1.29 is 13.9 Å². The molecule has 7 nitrogen and oxygen atoms in total. The van der Waals surface area contributed by atoms with E-state index in [-0.39, 0.29) is 17.4 Å². The first kappa shape index (κ1) is 16.1. The van der Waals surface area contributed by atoms with Crippen LogP contribution >= 0.6 is 11.3 Å². The molecule has 1 fully saturated rings. The molecule has 0 radical (unpaired) electrons. The molecule has 0 spiro atoms. The number of carbonyl (C=O) groups excluding carboxylic acids is 1. The molecule has 1 aliphatic rings. The van der Waals surface area contributed by atoms with Gasteiger partial charge < -0.3 is 14.1 Å². The van der Waals surface area contributed by atoms with Gasteiger partial charge >= 0.3 is 0 Å². The molecule has 0 aromatic carbocycles. The monoisotopic (exact) mass is 336 g/mol. The fourth-order valence-corrected chi connectivity index (χ4v) is 3.29. The maximum atomic E-state index is 12.9. The Morgan fingerprint density at radius 1 is 1.39 bits per heavy atom. The predicted molar refractivity (Wildman–Crippen MR) is 84.4 cm³/mol. The van der Waals surface area contributed by atoms with Gasteiger partial charge in [0.2, 0.25) is 11.8 Å². The van der Waals surface area contributed by atoms with Crippen LogP contribution in [0.25, 0.3) is 0 Å². The number of carbonyl (C=O) groups is 1. The lowest BCUT2D eigenvalue weighted by Gasteiger charge is -2.33. The Kier molecular flexibility index (Phi) is 4.20. The summed E-state index contributed by atoms with van der Waals surface area (Å²) in [6.45, 7) is 9.33. The zero-order valence-electron chi connectivity index (χ0n) is 13.7. The standard InChI is InChI=1S/C15H20N4O3S/c1-9-17-18-12(22-9)10-8-21-6-5-19(10)13(20)11-7-16-14(23-11)15(2,3)4/h7,10H,5-6,8H2,1-4H3/t10-/m0/s1. The van der Waals surface area contributed by atoms with Crippen LogP contribution in [0.5, 0.6) is 0 Å². The minimum atomic E-state index is -0.349. The molecule has 1 aliphatic heterocycles. The lowest BCUT2D eigenvalue weighted by molar-refractivity contribution is -0.0104. The first-order valence-electron chi connectivity index (χ1n) is 7.51. The average Bonchev–Trinajstić information content (AvgIpc) is 3.15. The Bertz CT molecular complexity index is 704. The number of nitrogens with zero attached hydrogens (tertiary/aromatic N) is 4. The summed E-state index contributed by atoms with van der Waals surface area (Å²) in [5, 5.41) is 8.83. The van der Waals surface area contributed by atoms with E-state index in [1.54, 1.807) is 18.0 Å². The van der Waals surface area contributed by atoms with Gasteiger partial charge in [0.1, 0.15) is 10.9 Å². The van der Waals surface area contributed by atoms with Gasteiger partial charge in [-0.1, -0.05) is 20.8 Å². The first-order chi connectivity index (χ1) is 10.9. The maximum absolute atomic E-state index is 12.9. The number of morpholine rings is 1. The summed E-state index contributed by atoms with van der Waals surface area (Å²) in [4.78, 5) is 19.6. The lowest BCUT2D eigenvalue weighted by Crippen LogP contribution is -2.43. The Hall–Kier alpha value is -1.80. The Balaban J connectivity index is 1.85. The molecule has 0 saturated carbocycles. The zero-order chi connectivity index (χ0) is 16.6. The number of aryl methyl sites for hydroxylation is 1. The third-order valence-corrected chi connectivity index (χ3v) is 4.99. The van der Waals surface area contributed by atoms with Crippen LogP contribution in [0.2, 0.25) is 0 Å². The summed E-state index contributed by atoms with van der Waals surface area (Å²) in [5.74, 6) is 0.823. The Morgan fingerprint density at radius 3 is 2.78 bits per heavy atom. The van der Waals surface area contributed by atoms with Crippen molar-refractivity contribution in [2.45, 2.75) is 39.2 Å². The number of hydrogen-bond donors (Lipinski definition) is 0. The van der Waals surface area contributed by atoms with Crippen molar-refractivity contribution in [3.05, 3.63) is 27.9 Å². The second kappa shape index (κ2) is 6.01. The van der Waals surface area contributed by atoms with Crippen molar-refractivity contribution in [3.63, 3.8) is 0 Å². The van der Waals surface area contributed by atoms with Crippen LogP contribution in [-0.4, -0.2) is 45.7 Å². The molecule has 1 atom stereocenters. The number of hydrogen-bond acceptors (Lipinski definition) is 7. The second-order valence-electron chi connectivity index (χ2n) is 6.53. The minimum Gasteiger partial charge on any atom is -0.423 e. The van der Waals surface area contributed by atoms with E-state index in [2.05, 4.69) is 36.0 Å². The number of ether oxygens (including phenoxy) is 1. The topological polar surface area (TPSA) is 81.4 Å². The van der Waals surface area contributed by atoms with Gasteiger partial charge in [-0.2, -0.15) is 0 Å². The summed E-state index contributed by atoms with van der Waals surface area (Å²) in [6.07, 6.45) is 1.65. The molecule has 0 bridgehead atoms. The van der Waals surface area contributed by atoms with Crippen molar-refractivity contribution >= 4 is 17.2 Å². The van der Waals surface area contributed by atoms with Crippen molar-refractivity contribution in [1.29, 1.82) is 0 Å². The van der Waals surface area contributed by atoms with Crippen LogP contribution in [-0.2, 0) is 10.2 Å². The zero-order valence-corrected chi connectivity index (χ0v) is 14.5. The van der Waals surface area contributed by atoms with Crippen molar-refractivity contribution in [2.24, 2.45) is 0 Å². The van der Waals surface area contributed by atoms with Gasteiger partial charge in [0.25, 0.3) is 5.91 Å². The maximum Gasteiger partial charge on any atom is 0.266 e. The third-order valence-electron chi connectivity index (χ3n) is 3.57. The summed E-state index contributed by atoms with van der Waals surface area (Å²) >= 11 is 1.43. The molecule has 2 aromatic heterocycles. The Morgan fingerprint density at radius 2 is 2.17 bits per heavy atom. The highest BCUT2D eigenvalue weighted by Gasteiger charge is 2.34. The normalized spacial score (nSPS) is 19.1. The van der Waals surface area contributed by atoms with Crippen LogP contribution in [0, 0.1) is 6.92 Å². The van der Waals surface area contributed by atoms with Gasteiger partial charge in [0.15, 0.2) is 0 Å². The summed E-state index contributed by atoms with van der Waals surface area (Å²) < 4.78 is 11.0. The highest BCUT2D eigenvalue weighted by molar-refractivity contribution is 7.13. The summed E-state index contributed by atoms with van der Waals surface area (Å²) in [7, 11) is 0. The molecule has 3 heterocycles. The van der Waals surface area contributed by atoms with Gasteiger partial charge in [-0.3, -0.25) is 4.79 Å². The van der Waals surface area contributed by atoms with Gasteiger partial charge in [-0.05, 0) is 0 Å². The number of amides is 1. The Labute approximate surface area is 138 Å². The van der Waals surface area contributed by atoms with E-state index in [1.807, 2.05) is 0 Å². The van der Waals surface area contributed by atoms with E-state index in [0.717, 1.165) is 5.01 Å². The van der Waals surface area contributed by atoms with E-state index < -0.39 is 0 Å². The number of rotatable bonds is 2. The molecule has 124 valence electrons. The number of thiazole rings is 1. The molecular formula is C15H20N4O3S. The smallest absolute Gasteiger partial charge is 0.266 e. The van der Waals surface area contributed by atoms with Crippen molar-refractivity contribution in [3.8, 4) is 0 Å². The van der Waals surface area contributed by atoms with Crippen LogP contribution in [0.15, 0.2) is 10.6 Å². The number of aromatic nitrogens is 3. The molecular weight excluding hydrogens is 316 g/mol. The van der Waals surface area contributed by atoms with Crippen LogP contribution < -0.4 is 0 Å². The van der Waals surface area contributed by atoms with E-state index in [1.165, 1.54) is 11.3 Å². The molecule has 1 saturated heterocycles. The first-order valence-corrected chi connectivity index (χ1v) is 8.33. The van der Waals surface area contributed by atoms with Crippen LogP contribution in [0.1, 0.15) is 53.3 Å².